The molecule has 2 aromatic carbocycles. The summed E-state index contributed by atoms with van der Waals surface area (Å²) < 4.78 is 11.3. The summed E-state index contributed by atoms with van der Waals surface area (Å²) >= 11 is 5.88. The number of furan rings is 1. The van der Waals surface area contributed by atoms with E-state index in [0.717, 1.165) is 16.5 Å². The number of hydrogen-bond donors (Lipinski definition) is 0. The Morgan fingerprint density at radius 1 is 1.22 bits per heavy atom. The molecule has 0 amide bonds. The van der Waals surface area contributed by atoms with Crippen molar-refractivity contribution in [3.05, 3.63) is 59.3 Å². The first-order chi connectivity index (χ1) is 8.72. The van der Waals surface area contributed by atoms with Crippen LogP contribution in [-0.2, 0) is 0 Å². The SMILES string of the molecule is Cc1cc(Oc2cc[c]c(Cl)c2)c2occc2c1. The fourth-order valence-corrected chi connectivity index (χ4v) is 2.05. The van der Waals surface area contributed by atoms with Crippen LogP contribution < -0.4 is 4.74 Å². The molecule has 0 atom stereocenters. The van der Waals surface area contributed by atoms with Crippen LogP contribution in [0.4, 0.5) is 0 Å². The van der Waals surface area contributed by atoms with E-state index in [2.05, 4.69) is 12.1 Å². The van der Waals surface area contributed by atoms with Crippen molar-refractivity contribution in [1.29, 1.82) is 0 Å². The van der Waals surface area contributed by atoms with E-state index in [1.54, 1.807) is 18.4 Å². The Morgan fingerprint density at radius 2 is 2.11 bits per heavy atom. The van der Waals surface area contributed by atoms with E-state index in [1.165, 1.54) is 0 Å². The van der Waals surface area contributed by atoms with Crippen molar-refractivity contribution in [3.8, 4) is 11.5 Å². The van der Waals surface area contributed by atoms with Crippen molar-refractivity contribution in [3.63, 3.8) is 0 Å². The highest BCUT2D eigenvalue weighted by atomic mass is 35.5. The van der Waals surface area contributed by atoms with Gasteiger partial charge in [-0.25, -0.2) is 0 Å². The van der Waals surface area contributed by atoms with Crippen LogP contribution in [0.15, 0.2) is 47.1 Å². The first-order valence-corrected chi connectivity index (χ1v) is 5.93. The van der Waals surface area contributed by atoms with Gasteiger partial charge in [-0.1, -0.05) is 11.6 Å². The molecule has 1 radical (unpaired) electrons. The molecule has 0 aliphatic rings. The smallest absolute Gasteiger partial charge is 0.176 e. The molecule has 3 rings (SSSR count). The summed E-state index contributed by atoms with van der Waals surface area (Å²) in [6, 6.07) is 14.0. The zero-order valence-corrected chi connectivity index (χ0v) is 10.5. The summed E-state index contributed by atoms with van der Waals surface area (Å²) in [4.78, 5) is 0. The molecule has 0 fully saturated rings. The highest BCUT2D eigenvalue weighted by molar-refractivity contribution is 6.30. The molecule has 18 heavy (non-hydrogen) atoms. The Balaban J connectivity index is 2.06. The van der Waals surface area contributed by atoms with Crippen LogP contribution in [0, 0.1) is 13.0 Å². The Bertz CT molecular complexity index is 701. The summed E-state index contributed by atoms with van der Waals surface area (Å²) in [6.45, 7) is 2.02. The van der Waals surface area contributed by atoms with Crippen molar-refractivity contribution in [1.82, 2.24) is 0 Å². The van der Waals surface area contributed by atoms with Crippen LogP contribution in [-0.4, -0.2) is 0 Å². The summed E-state index contributed by atoms with van der Waals surface area (Å²) in [6.07, 6.45) is 1.66. The summed E-state index contributed by atoms with van der Waals surface area (Å²) in [7, 11) is 0. The molecular weight excluding hydrogens is 248 g/mol. The van der Waals surface area contributed by atoms with Crippen molar-refractivity contribution < 1.29 is 9.15 Å². The summed E-state index contributed by atoms with van der Waals surface area (Å²) in [5, 5.41) is 1.55. The normalized spacial score (nSPS) is 10.8. The lowest BCUT2D eigenvalue weighted by Crippen LogP contribution is -1.86. The standard InChI is InChI=1S/C15H10ClO2/c1-10-7-11-5-6-17-15(11)14(8-10)18-13-4-2-3-12(16)9-13/h2,4-9H,1H3. The Labute approximate surface area is 110 Å². The van der Waals surface area contributed by atoms with Crippen LogP contribution in [0.2, 0.25) is 5.02 Å². The number of hydrogen-bond acceptors (Lipinski definition) is 2. The molecule has 0 saturated carbocycles. The number of rotatable bonds is 2. The highest BCUT2D eigenvalue weighted by Crippen LogP contribution is 2.32. The fraction of sp³-hybridized carbons (Fsp3) is 0.0667. The average molecular weight is 258 g/mol. The van der Waals surface area contributed by atoms with Gasteiger partial charge in [-0.3, -0.25) is 0 Å². The fourth-order valence-electron chi connectivity index (χ4n) is 1.88. The lowest BCUT2D eigenvalue weighted by Gasteiger charge is -2.07. The van der Waals surface area contributed by atoms with Crippen LogP contribution in [0.1, 0.15) is 5.56 Å². The lowest BCUT2D eigenvalue weighted by molar-refractivity contribution is 0.472. The predicted molar refractivity (Wildman–Crippen MR) is 71.3 cm³/mol. The first kappa shape index (κ1) is 11.2. The average Bonchev–Trinajstić information content (AvgIpc) is 2.77. The molecule has 0 bridgehead atoms. The van der Waals surface area contributed by atoms with Gasteiger partial charge in [-0.2, -0.15) is 0 Å². The summed E-state index contributed by atoms with van der Waals surface area (Å²) in [5.41, 5.74) is 1.86. The molecule has 1 heterocycles. The number of fused-ring (bicyclic) bond motifs is 1. The molecule has 0 aliphatic heterocycles. The van der Waals surface area contributed by atoms with Crippen LogP contribution in [0.3, 0.4) is 0 Å². The van der Waals surface area contributed by atoms with E-state index >= 15 is 0 Å². The number of aryl methyl sites for hydroxylation is 1. The lowest BCUT2D eigenvalue weighted by atomic mass is 10.2. The van der Waals surface area contributed by atoms with E-state index in [1.807, 2.05) is 25.1 Å². The quantitative estimate of drug-likeness (QED) is 0.645. The van der Waals surface area contributed by atoms with Gasteiger partial charge in [-0.05, 0) is 42.8 Å². The molecule has 89 valence electrons. The monoisotopic (exact) mass is 257 g/mol. The zero-order chi connectivity index (χ0) is 12.5. The molecule has 0 spiro atoms. The predicted octanol–water partition coefficient (Wildman–Crippen LogP) is 4.99. The second-order valence-electron chi connectivity index (χ2n) is 4.08. The second kappa shape index (κ2) is 4.39. The molecule has 3 aromatic rings. The second-order valence-corrected chi connectivity index (χ2v) is 4.48. The van der Waals surface area contributed by atoms with Gasteiger partial charge >= 0.3 is 0 Å². The van der Waals surface area contributed by atoms with Gasteiger partial charge < -0.3 is 9.15 Å². The van der Waals surface area contributed by atoms with E-state index < -0.39 is 0 Å². The van der Waals surface area contributed by atoms with E-state index in [-0.39, 0.29) is 0 Å². The van der Waals surface area contributed by atoms with Gasteiger partial charge in [0, 0.05) is 17.5 Å². The minimum absolute atomic E-state index is 0.524. The third-order valence-corrected chi connectivity index (χ3v) is 2.85. The van der Waals surface area contributed by atoms with Gasteiger partial charge in [0.05, 0.1) is 11.3 Å². The van der Waals surface area contributed by atoms with E-state index in [0.29, 0.717) is 16.5 Å². The van der Waals surface area contributed by atoms with Crippen LogP contribution in [0.25, 0.3) is 11.0 Å². The third kappa shape index (κ3) is 2.07. The molecule has 0 saturated heterocycles. The van der Waals surface area contributed by atoms with Crippen molar-refractivity contribution in [2.45, 2.75) is 6.92 Å². The van der Waals surface area contributed by atoms with Gasteiger partial charge in [0.1, 0.15) is 5.75 Å². The Morgan fingerprint density at radius 3 is 2.94 bits per heavy atom. The first-order valence-electron chi connectivity index (χ1n) is 5.55. The summed E-state index contributed by atoms with van der Waals surface area (Å²) in [5.74, 6) is 1.36. The van der Waals surface area contributed by atoms with Crippen LogP contribution >= 0.6 is 11.6 Å². The number of halogens is 1. The van der Waals surface area contributed by atoms with Gasteiger partial charge in [0.2, 0.25) is 0 Å². The van der Waals surface area contributed by atoms with Crippen molar-refractivity contribution >= 4 is 22.6 Å². The molecule has 0 aliphatic carbocycles. The number of ether oxygens (including phenoxy) is 1. The maximum absolute atomic E-state index is 5.88. The van der Waals surface area contributed by atoms with E-state index in [9.17, 15) is 0 Å². The topological polar surface area (TPSA) is 22.4 Å². The Hall–Kier alpha value is -1.93. The number of benzene rings is 2. The van der Waals surface area contributed by atoms with Gasteiger partial charge in [0.15, 0.2) is 11.3 Å². The molecular formula is C15H10ClO2. The van der Waals surface area contributed by atoms with Crippen LogP contribution in [0.5, 0.6) is 11.5 Å². The van der Waals surface area contributed by atoms with E-state index in [4.69, 9.17) is 20.8 Å². The van der Waals surface area contributed by atoms with Crippen molar-refractivity contribution in [2.24, 2.45) is 0 Å². The highest BCUT2D eigenvalue weighted by Gasteiger charge is 2.08. The minimum Gasteiger partial charge on any atom is -0.460 e. The molecule has 2 nitrogen and oxygen atoms in total. The van der Waals surface area contributed by atoms with Gasteiger partial charge in [-0.15, -0.1) is 0 Å². The molecule has 3 heteroatoms. The Kier molecular flexibility index (Phi) is 2.73. The van der Waals surface area contributed by atoms with Crippen molar-refractivity contribution in [2.75, 3.05) is 0 Å². The minimum atomic E-state index is 0.524. The maximum atomic E-state index is 5.88. The third-order valence-electron chi connectivity index (χ3n) is 2.63. The molecule has 1 aromatic heterocycles. The van der Waals surface area contributed by atoms with Gasteiger partial charge in [0.25, 0.3) is 0 Å². The zero-order valence-electron chi connectivity index (χ0n) is 9.74. The largest absolute Gasteiger partial charge is 0.460 e. The molecule has 0 unspecified atom stereocenters. The maximum Gasteiger partial charge on any atom is 0.176 e. The molecule has 0 N–H and O–H groups in total.